The van der Waals surface area contributed by atoms with Crippen molar-refractivity contribution in [2.45, 2.75) is 6.61 Å². The molecule has 0 aliphatic rings. The summed E-state index contributed by atoms with van der Waals surface area (Å²) in [5.74, 6) is 0.0498. The molecule has 1 amide bonds. The second-order valence-corrected chi connectivity index (χ2v) is 4.21. The van der Waals surface area contributed by atoms with Crippen LogP contribution in [0, 0.1) is 0 Å². The lowest BCUT2D eigenvalue weighted by Crippen LogP contribution is -2.12. The van der Waals surface area contributed by atoms with Crippen molar-refractivity contribution in [3.05, 3.63) is 40.7 Å². The third kappa shape index (κ3) is 3.24. The van der Waals surface area contributed by atoms with Gasteiger partial charge in [0.15, 0.2) is 11.5 Å². The van der Waals surface area contributed by atoms with Crippen LogP contribution >= 0.6 is 11.6 Å². The molecule has 0 saturated carbocycles. The lowest BCUT2D eigenvalue weighted by Gasteiger charge is -2.05. The Morgan fingerprint density at radius 1 is 1.53 bits per heavy atom. The van der Waals surface area contributed by atoms with Gasteiger partial charge in [-0.05, 0) is 18.2 Å². The van der Waals surface area contributed by atoms with Gasteiger partial charge in [-0.15, -0.1) is 0 Å². The third-order valence-electron chi connectivity index (χ3n) is 2.32. The average Bonchev–Trinajstić information content (AvgIpc) is 2.82. The van der Waals surface area contributed by atoms with E-state index in [0.29, 0.717) is 22.2 Å². The predicted molar refractivity (Wildman–Crippen MR) is 71.0 cm³/mol. The average molecular weight is 282 g/mol. The molecule has 19 heavy (non-hydrogen) atoms. The van der Waals surface area contributed by atoms with Gasteiger partial charge in [-0.3, -0.25) is 4.79 Å². The van der Waals surface area contributed by atoms with Gasteiger partial charge >= 0.3 is 0 Å². The Bertz CT molecular complexity index is 598. The van der Waals surface area contributed by atoms with Crippen LogP contribution in [-0.4, -0.2) is 18.2 Å². The van der Waals surface area contributed by atoms with E-state index in [2.05, 4.69) is 10.5 Å². The van der Waals surface area contributed by atoms with E-state index in [1.807, 2.05) is 0 Å². The number of rotatable bonds is 4. The molecule has 0 atom stereocenters. The van der Waals surface area contributed by atoms with Crippen molar-refractivity contribution in [3.63, 3.8) is 0 Å². The second kappa shape index (κ2) is 5.73. The number of nitrogens with one attached hydrogen (secondary N) is 1. The predicted octanol–water partition coefficient (Wildman–Crippen LogP) is 2.31. The summed E-state index contributed by atoms with van der Waals surface area (Å²) in [5.41, 5.74) is 6.70. The fraction of sp³-hybridized carbons (Fsp3) is 0.167. The van der Waals surface area contributed by atoms with E-state index in [9.17, 15) is 4.79 Å². The number of amides is 1. The molecule has 0 radical (unpaired) electrons. The van der Waals surface area contributed by atoms with Crippen molar-refractivity contribution < 1.29 is 14.1 Å². The number of methoxy groups -OCH3 is 1. The number of hydrogen-bond acceptors (Lipinski definition) is 5. The highest BCUT2D eigenvalue weighted by Crippen LogP contribution is 2.24. The summed E-state index contributed by atoms with van der Waals surface area (Å²) in [6, 6.07) is 6.31. The van der Waals surface area contributed by atoms with Gasteiger partial charge in [0, 0.05) is 18.9 Å². The number of carbonyl (C=O) groups is 1. The number of aromatic nitrogens is 1. The van der Waals surface area contributed by atoms with E-state index >= 15 is 0 Å². The molecular formula is C12H12ClN3O3. The summed E-state index contributed by atoms with van der Waals surface area (Å²) >= 11 is 5.96. The van der Waals surface area contributed by atoms with E-state index < -0.39 is 5.91 Å². The number of ether oxygens (including phenoxy) is 1. The highest BCUT2D eigenvalue weighted by atomic mass is 35.5. The number of anilines is 2. The van der Waals surface area contributed by atoms with Crippen LogP contribution in [0.3, 0.4) is 0 Å². The van der Waals surface area contributed by atoms with Crippen LogP contribution in [0.15, 0.2) is 28.8 Å². The molecule has 2 aromatic rings. The maximum atomic E-state index is 11.9. The van der Waals surface area contributed by atoms with Crippen molar-refractivity contribution in [3.8, 4) is 0 Å². The molecule has 0 unspecified atom stereocenters. The number of nitrogens with zero attached hydrogens (tertiary/aromatic N) is 1. The van der Waals surface area contributed by atoms with Gasteiger partial charge in [0.2, 0.25) is 0 Å². The first-order valence-electron chi connectivity index (χ1n) is 5.41. The molecular weight excluding hydrogens is 270 g/mol. The molecule has 1 aromatic carbocycles. The third-order valence-corrected chi connectivity index (χ3v) is 2.63. The lowest BCUT2D eigenvalue weighted by molar-refractivity contribution is 0.101. The zero-order valence-electron chi connectivity index (χ0n) is 10.1. The Balaban J connectivity index is 2.11. The quantitative estimate of drug-likeness (QED) is 0.839. The molecule has 1 heterocycles. The van der Waals surface area contributed by atoms with Crippen molar-refractivity contribution in [1.82, 2.24) is 5.16 Å². The van der Waals surface area contributed by atoms with Crippen LogP contribution in [0.2, 0.25) is 5.02 Å². The summed E-state index contributed by atoms with van der Waals surface area (Å²) in [6.07, 6.45) is 0. The zero-order valence-corrected chi connectivity index (χ0v) is 10.9. The SMILES string of the molecule is COCc1cc(C(=O)Nc2ccc(N)cc2Cl)no1. The molecule has 6 nitrogen and oxygen atoms in total. The van der Waals surface area contributed by atoms with Crippen LogP contribution in [0.5, 0.6) is 0 Å². The maximum absolute atomic E-state index is 11.9. The molecule has 2 rings (SSSR count). The van der Waals surface area contributed by atoms with E-state index in [4.69, 9.17) is 26.6 Å². The smallest absolute Gasteiger partial charge is 0.277 e. The summed E-state index contributed by atoms with van der Waals surface area (Å²) in [6.45, 7) is 0.253. The molecule has 1 aromatic heterocycles. The van der Waals surface area contributed by atoms with Gasteiger partial charge in [-0.1, -0.05) is 16.8 Å². The number of hydrogen-bond donors (Lipinski definition) is 2. The fourth-order valence-electron chi connectivity index (χ4n) is 1.45. The molecule has 7 heteroatoms. The first kappa shape index (κ1) is 13.4. The maximum Gasteiger partial charge on any atom is 0.277 e. The van der Waals surface area contributed by atoms with E-state index in [-0.39, 0.29) is 12.3 Å². The summed E-state index contributed by atoms with van der Waals surface area (Å²) in [5, 5.41) is 6.62. The summed E-state index contributed by atoms with van der Waals surface area (Å²) < 4.78 is 9.80. The van der Waals surface area contributed by atoms with Gasteiger partial charge in [0.05, 0.1) is 10.7 Å². The van der Waals surface area contributed by atoms with Crippen LogP contribution in [0.1, 0.15) is 16.2 Å². The van der Waals surface area contributed by atoms with Crippen LogP contribution in [0.25, 0.3) is 0 Å². The first-order chi connectivity index (χ1) is 9.10. The van der Waals surface area contributed by atoms with Gasteiger partial charge < -0.3 is 20.3 Å². The molecule has 3 N–H and O–H groups in total. The minimum atomic E-state index is -0.419. The number of nitrogen functional groups attached to an aromatic ring is 1. The van der Waals surface area contributed by atoms with Crippen molar-refractivity contribution in [2.75, 3.05) is 18.2 Å². The van der Waals surface area contributed by atoms with E-state index in [0.717, 1.165) is 0 Å². The lowest BCUT2D eigenvalue weighted by atomic mass is 10.2. The Hall–Kier alpha value is -2.05. The Morgan fingerprint density at radius 2 is 2.32 bits per heavy atom. The monoisotopic (exact) mass is 281 g/mol. The molecule has 0 fully saturated rings. The zero-order chi connectivity index (χ0) is 13.8. The van der Waals surface area contributed by atoms with E-state index in [1.54, 1.807) is 18.2 Å². The highest BCUT2D eigenvalue weighted by Gasteiger charge is 2.14. The molecule has 0 bridgehead atoms. The minimum Gasteiger partial charge on any atom is -0.399 e. The van der Waals surface area contributed by atoms with Crippen LogP contribution < -0.4 is 11.1 Å². The number of carbonyl (C=O) groups excluding carboxylic acids is 1. The molecule has 100 valence electrons. The minimum absolute atomic E-state index is 0.153. The standard InChI is InChI=1S/C12H12ClN3O3/c1-18-6-8-5-11(16-19-8)12(17)15-10-3-2-7(14)4-9(10)13/h2-5H,6,14H2,1H3,(H,15,17). The molecule has 0 spiro atoms. The van der Waals surface area contributed by atoms with Crippen molar-refractivity contribution in [2.24, 2.45) is 0 Å². The second-order valence-electron chi connectivity index (χ2n) is 3.80. The largest absolute Gasteiger partial charge is 0.399 e. The normalized spacial score (nSPS) is 10.4. The Labute approximate surface area is 114 Å². The van der Waals surface area contributed by atoms with Crippen molar-refractivity contribution >= 4 is 28.9 Å². The summed E-state index contributed by atoms with van der Waals surface area (Å²) in [4.78, 5) is 11.9. The number of nitrogens with two attached hydrogens (primary N) is 1. The fourth-order valence-corrected chi connectivity index (χ4v) is 1.69. The number of halogens is 1. The van der Waals surface area contributed by atoms with Gasteiger partial charge in [-0.2, -0.15) is 0 Å². The van der Waals surface area contributed by atoms with Crippen molar-refractivity contribution in [1.29, 1.82) is 0 Å². The first-order valence-corrected chi connectivity index (χ1v) is 5.79. The van der Waals surface area contributed by atoms with Crippen LogP contribution in [0.4, 0.5) is 11.4 Å². The summed E-state index contributed by atoms with van der Waals surface area (Å²) in [7, 11) is 1.52. The van der Waals surface area contributed by atoms with Gasteiger partial charge in [-0.25, -0.2) is 0 Å². The molecule has 0 aliphatic heterocycles. The Morgan fingerprint density at radius 3 is 3.00 bits per heavy atom. The van der Waals surface area contributed by atoms with Crippen LogP contribution in [-0.2, 0) is 11.3 Å². The molecule has 0 saturated heterocycles. The van der Waals surface area contributed by atoms with Gasteiger partial charge in [0.25, 0.3) is 5.91 Å². The highest BCUT2D eigenvalue weighted by molar-refractivity contribution is 6.34. The van der Waals surface area contributed by atoms with E-state index in [1.165, 1.54) is 13.2 Å². The molecule has 0 aliphatic carbocycles. The van der Waals surface area contributed by atoms with Gasteiger partial charge in [0.1, 0.15) is 6.61 Å². The topological polar surface area (TPSA) is 90.4 Å². The Kier molecular flexibility index (Phi) is 4.03. The number of benzene rings is 1.